The van der Waals surface area contributed by atoms with E-state index in [2.05, 4.69) is 0 Å². The van der Waals surface area contributed by atoms with Crippen LogP contribution >= 0.6 is 0 Å². The van der Waals surface area contributed by atoms with Crippen LogP contribution in [0.25, 0.3) is 0 Å². The normalized spacial score (nSPS) is 13.3. The second kappa shape index (κ2) is 5.59. The molecule has 0 saturated carbocycles. The van der Waals surface area contributed by atoms with Gasteiger partial charge in [-0.3, -0.25) is 0 Å². The van der Waals surface area contributed by atoms with E-state index >= 15 is 0 Å². The molecule has 0 unspecified atom stereocenters. The Bertz CT molecular complexity index is 730. The molecule has 0 saturated heterocycles. The highest BCUT2D eigenvalue weighted by molar-refractivity contribution is 8.08. The molecule has 0 aliphatic carbocycles. The van der Waals surface area contributed by atoms with Crippen LogP contribution in [0, 0.1) is 0 Å². The van der Waals surface area contributed by atoms with Crippen LogP contribution in [-0.4, -0.2) is 48.1 Å². The zero-order valence-corrected chi connectivity index (χ0v) is 12.6. The molecule has 1 aromatic carbocycles. The number of rotatable bonds is 6. The molecule has 1 rings (SSSR count). The van der Waals surface area contributed by atoms with E-state index in [9.17, 15) is 25.3 Å². The van der Waals surface area contributed by atoms with E-state index in [1.807, 2.05) is 0 Å². The van der Waals surface area contributed by atoms with Gasteiger partial charge in [-0.05, 0) is 12.1 Å². The van der Waals surface area contributed by atoms with Crippen LogP contribution in [0.15, 0.2) is 35.2 Å². The summed E-state index contributed by atoms with van der Waals surface area (Å²) in [7, 11) is -11.4. The van der Waals surface area contributed by atoms with Crippen LogP contribution in [0.3, 0.4) is 0 Å². The highest BCUT2D eigenvalue weighted by atomic mass is 32.3. The van der Waals surface area contributed by atoms with Gasteiger partial charge >= 0.3 is 0 Å². The summed E-state index contributed by atoms with van der Waals surface area (Å²) in [6.07, 6.45) is 0.788. The third-order valence-corrected chi connectivity index (χ3v) is 8.12. The highest BCUT2D eigenvalue weighted by Crippen LogP contribution is 2.11. The standard InChI is InChI=1S/C10H14O6S3/c1-17(11,12)9-18(13,14)7-8-19(15,16)10-5-3-2-4-6-10/h2-6H,7-9H2,1H3. The molecule has 0 aliphatic rings. The lowest BCUT2D eigenvalue weighted by molar-refractivity contribution is 0.585. The molecule has 0 N–H and O–H groups in total. The molecule has 0 heterocycles. The Morgan fingerprint density at radius 2 is 1.37 bits per heavy atom. The van der Waals surface area contributed by atoms with Crippen molar-refractivity contribution in [3.8, 4) is 0 Å². The maximum absolute atomic E-state index is 11.8. The van der Waals surface area contributed by atoms with Gasteiger partial charge in [-0.2, -0.15) is 0 Å². The van der Waals surface area contributed by atoms with Crippen molar-refractivity contribution in [1.82, 2.24) is 0 Å². The van der Waals surface area contributed by atoms with Crippen molar-refractivity contribution in [1.29, 1.82) is 0 Å². The molecule has 0 spiro atoms. The maximum atomic E-state index is 11.8. The quantitative estimate of drug-likeness (QED) is 0.722. The largest absolute Gasteiger partial charge is 0.228 e. The van der Waals surface area contributed by atoms with Gasteiger partial charge < -0.3 is 0 Å². The van der Waals surface area contributed by atoms with Crippen molar-refractivity contribution in [2.45, 2.75) is 4.90 Å². The van der Waals surface area contributed by atoms with Crippen molar-refractivity contribution < 1.29 is 25.3 Å². The van der Waals surface area contributed by atoms with Crippen molar-refractivity contribution >= 4 is 29.5 Å². The Morgan fingerprint density at radius 3 is 1.84 bits per heavy atom. The molecule has 108 valence electrons. The van der Waals surface area contributed by atoms with Crippen molar-refractivity contribution in [3.63, 3.8) is 0 Å². The first-order chi connectivity index (χ1) is 8.52. The lowest BCUT2D eigenvalue weighted by Crippen LogP contribution is -2.23. The summed E-state index contributed by atoms with van der Waals surface area (Å²) >= 11 is 0. The number of hydrogen-bond acceptors (Lipinski definition) is 6. The van der Waals surface area contributed by atoms with E-state index in [1.54, 1.807) is 6.07 Å². The van der Waals surface area contributed by atoms with E-state index in [1.165, 1.54) is 24.3 Å². The molecule has 1 aromatic rings. The molecule has 6 nitrogen and oxygen atoms in total. The summed E-state index contributed by atoms with van der Waals surface area (Å²) < 4.78 is 68.4. The van der Waals surface area contributed by atoms with Gasteiger partial charge in [0.05, 0.1) is 16.4 Å². The van der Waals surface area contributed by atoms with Gasteiger partial charge in [0.25, 0.3) is 0 Å². The summed E-state index contributed by atoms with van der Waals surface area (Å²) in [4.78, 5) is 0.0181. The monoisotopic (exact) mass is 326 g/mol. The van der Waals surface area contributed by atoms with E-state index in [4.69, 9.17) is 0 Å². The van der Waals surface area contributed by atoms with Gasteiger partial charge in [-0.15, -0.1) is 0 Å². The molecule has 0 amide bonds. The molecule has 0 bridgehead atoms. The highest BCUT2D eigenvalue weighted by Gasteiger charge is 2.23. The van der Waals surface area contributed by atoms with Gasteiger partial charge in [0.1, 0.15) is 0 Å². The second-order valence-electron chi connectivity index (χ2n) is 4.12. The molecule has 0 aromatic heterocycles. The van der Waals surface area contributed by atoms with Gasteiger partial charge in [-0.1, -0.05) is 18.2 Å². The predicted molar refractivity (Wildman–Crippen MR) is 72.0 cm³/mol. The van der Waals surface area contributed by atoms with Crippen LogP contribution in [0.4, 0.5) is 0 Å². The molecular formula is C10H14O6S3. The van der Waals surface area contributed by atoms with Gasteiger partial charge in [-0.25, -0.2) is 25.3 Å². The van der Waals surface area contributed by atoms with E-state index in [0.29, 0.717) is 0 Å². The maximum Gasteiger partial charge on any atom is 0.179 e. The number of hydrogen-bond donors (Lipinski definition) is 0. The van der Waals surface area contributed by atoms with Crippen LogP contribution < -0.4 is 0 Å². The summed E-state index contributed by atoms with van der Waals surface area (Å²) in [6.45, 7) is 0. The van der Waals surface area contributed by atoms with Gasteiger partial charge in [0.2, 0.25) is 0 Å². The average molecular weight is 326 g/mol. The first-order valence-electron chi connectivity index (χ1n) is 5.18. The van der Waals surface area contributed by atoms with Crippen LogP contribution in [0.5, 0.6) is 0 Å². The second-order valence-corrected chi connectivity index (χ2v) is 10.9. The van der Waals surface area contributed by atoms with Crippen LogP contribution in [0.2, 0.25) is 0 Å². The average Bonchev–Trinajstić information content (AvgIpc) is 2.25. The van der Waals surface area contributed by atoms with Crippen LogP contribution in [-0.2, 0) is 29.5 Å². The van der Waals surface area contributed by atoms with E-state index < -0.39 is 46.1 Å². The van der Waals surface area contributed by atoms with Crippen molar-refractivity contribution in [2.24, 2.45) is 0 Å². The summed E-state index contributed by atoms with van der Waals surface area (Å²) in [5.41, 5.74) is 0. The molecule has 9 heteroatoms. The fourth-order valence-corrected chi connectivity index (χ4v) is 7.15. The molecule has 19 heavy (non-hydrogen) atoms. The Labute approximate surface area is 113 Å². The summed E-state index contributed by atoms with van der Waals surface area (Å²) in [5.74, 6) is -1.34. The van der Waals surface area contributed by atoms with E-state index in [0.717, 1.165) is 6.26 Å². The Morgan fingerprint density at radius 1 is 0.842 bits per heavy atom. The fraction of sp³-hybridized carbons (Fsp3) is 0.400. The third-order valence-electron chi connectivity index (χ3n) is 2.16. The molecule has 0 radical (unpaired) electrons. The zero-order valence-electron chi connectivity index (χ0n) is 10.2. The smallest absolute Gasteiger partial charge is 0.179 e. The minimum absolute atomic E-state index is 0.0181. The molecular weight excluding hydrogens is 312 g/mol. The Balaban J connectivity index is 2.83. The van der Waals surface area contributed by atoms with E-state index in [-0.39, 0.29) is 4.90 Å². The Hall–Kier alpha value is -0.930. The number of benzene rings is 1. The number of sulfone groups is 3. The minimum atomic E-state index is -3.95. The van der Waals surface area contributed by atoms with Crippen LogP contribution in [0.1, 0.15) is 0 Å². The molecule has 0 fully saturated rings. The van der Waals surface area contributed by atoms with Gasteiger partial charge in [0, 0.05) is 6.26 Å². The lowest BCUT2D eigenvalue weighted by Gasteiger charge is -2.05. The van der Waals surface area contributed by atoms with Crippen molar-refractivity contribution in [2.75, 3.05) is 22.8 Å². The summed E-state index contributed by atoms with van der Waals surface area (Å²) in [6, 6.07) is 7.41. The first-order valence-corrected chi connectivity index (χ1v) is 10.7. The van der Waals surface area contributed by atoms with Crippen molar-refractivity contribution in [3.05, 3.63) is 30.3 Å². The summed E-state index contributed by atoms with van der Waals surface area (Å²) in [5, 5.41) is -1.04. The fourth-order valence-electron chi connectivity index (χ4n) is 1.37. The minimum Gasteiger partial charge on any atom is -0.228 e. The lowest BCUT2D eigenvalue weighted by atomic mass is 10.4. The molecule has 0 atom stereocenters. The zero-order chi connectivity index (χ0) is 14.7. The topological polar surface area (TPSA) is 102 Å². The first kappa shape index (κ1) is 16.1. The molecule has 0 aliphatic heterocycles. The predicted octanol–water partition coefficient (Wildman–Crippen LogP) is -0.123. The SMILES string of the molecule is CS(=O)(=O)CS(=O)(=O)CCS(=O)(=O)c1ccccc1. The third kappa shape index (κ3) is 5.70. The Kier molecular flexibility index (Phi) is 4.75. The van der Waals surface area contributed by atoms with Gasteiger partial charge in [0.15, 0.2) is 34.6 Å².